The molecule has 0 aromatic carbocycles. The van der Waals surface area contributed by atoms with Crippen LogP contribution in [0.1, 0.15) is 53.4 Å². The summed E-state index contributed by atoms with van der Waals surface area (Å²) in [6, 6.07) is -0.337. The van der Waals surface area contributed by atoms with Crippen molar-refractivity contribution in [2.24, 2.45) is 11.8 Å². The van der Waals surface area contributed by atoms with Gasteiger partial charge in [0.05, 0.1) is 0 Å². The lowest BCUT2D eigenvalue weighted by Gasteiger charge is -2.47. The molecule has 3 atom stereocenters. The molecule has 0 aromatic heterocycles. The van der Waals surface area contributed by atoms with Crippen molar-refractivity contribution in [3.63, 3.8) is 0 Å². The van der Waals surface area contributed by atoms with Gasteiger partial charge in [-0.15, -0.1) is 0 Å². The third-order valence-electron chi connectivity index (χ3n) is 4.94. The van der Waals surface area contributed by atoms with Crippen molar-refractivity contribution >= 4 is 11.8 Å². The van der Waals surface area contributed by atoms with Crippen LogP contribution >= 0.6 is 0 Å². The fourth-order valence-electron chi connectivity index (χ4n) is 2.71. The molecule has 1 aliphatic heterocycles. The van der Waals surface area contributed by atoms with E-state index in [1.54, 1.807) is 0 Å². The Balaban J connectivity index is 2.24. The molecule has 1 aliphatic carbocycles. The maximum absolute atomic E-state index is 12.7. The summed E-state index contributed by atoms with van der Waals surface area (Å²) in [5.74, 6) is 0.934. The van der Waals surface area contributed by atoms with E-state index in [4.69, 9.17) is 0 Å². The number of carbonyl (C=O) groups is 2. The van der Waals surface area contributed by atoms with Gasteiger partial charge < -0.3 is 10.2 Å². The van der Waals surface area contributed by atoms with Crippen LogP contribution in [-0.2, 0) is 9.59 Å². The summed E-state index contributed by atoms with van der Waals surface area (Å²) in [7, 11) is 0. The fraction of sp³-hybridized carbons (Fsp3) is 0.867. The van der Waals surface area contributed by atoms with Crippen LogP contribution in [-0.4, -0.2) is 34.8 Å². The van der Waals surface area contributed by atoms with Gasteiger partial charge in [0.1, 0.15) is 11.6 Å². The van der Waals surface area contributed by atoms with Crippen LogP contribution in [0, 0.1) is 11.8 Å². The van der Waals surface area contributed by atoms with Crippen molar-refractivity contribution in [2.45, 2.75) is 65.0 Å². The molecule has 1 saturated heterocycles. The molecule has 1 heterocycles. The second-order valence-electron chi connectivity index (χ2n) is 6.36. The first-order valence-electron chi connectivity index (χ1n) is 7.56. The molecular formula is C15H26N2O2. The van der Waals surface area contributed by atoms with Gasteiger partial charge in [-0.1, -0.05) is 27.2 Å². The van der Waals surface area contributed by atoms with Crippen LogP contribution in [0.5, 0.6) is 0 Å². The fourth-order valence-corrected chi connectivity index (χ4v) is 2.71. The van der Waals surface area contributed by atoms with E-state index >= 15 is 0 Å². The molecule has 108 valence electrons. The van der Waals surface area contributed by atoms with Gasteiger partial charge in [-0.25, -0.2) is 0 Å². The Bertz CT molecular complexity index is 378. The van der Waals surface area contributed by atoms with Gasteiger partial charge in [-0.3, -0.25) is 9.59 Å². The Morgan fingerprint density at radius 3 is 2.47 bits per heavy atom. The predicted molar refractivity (Wildman–Crippen MR) is 74.5 cm³/mol. The highest BCUT2D eigenvalue weighted by Gasteiger charge is 2.50. The lowest BCUT2D eigenvalue weighted by atomic mass is 9.86. The van der Waals surface area contributed by atoms with Gasteiger partial charge in [0.2, 0.25) is 11.8 Å². The van der Waals surface area contributed by atoms with Crippen molar-refractivity contribution < 1.29 is 9.59 Å². The molecule has 0 radical (unpaired) electrons. The zero-order valence-electron chi connectivity index (χ0n) is 12.5. The van der Waals surface area contributed by atoms with Crippen molar-refractivity contribution in [2.75, 3.05) is 6.54 Å². The average molecular weight is 266 g/mol. The third kappa shape index (κ3) is 2.49. The molecule has 0 spiro atoms. The van der Waals surface area contributed by atoms with Gasteiger partial charge in [0.15, 0.2) is 0 Å². The van der Waals surface area contributed by atoms with E-state index in [1.807, 2.05) is 25.7 Å². The Morgan fingerprint density at radius 2 is 2.00 bits per heavy atom. The minimum Gasteiger partial charge on any atom is -0.342 e. The SMILES string of the molecule is CCC(C)C1NC(=O)C(C)(CC)N(CC2CC2)C1=O. The maximum atomic E-state index is 12.7. The standard InChI is InChI=1S/C15H26N2O2/c1-5-10(3)12-13(18)17(9-11-7-8-11)15(4,6-2)14(19)16-12/h10-12H,5-9H2,1-4H3,(H,16,19). The lowest BCUT2D eigenvalue weighted by Crippen LogP contribution is -2.70. The number of nitrogens with one attached hydrogen (secondary N) is 1. The zero-order chi connectivity index (χ0) is 14.2. The van der Waals surface area contributed by atoms with Crippen LogP contribution in [0.2, 0.25) is 0 Å². The van der Waals surface area contributed by atoms with Crippen LogP contribution in [0.4, 0.5) is 0 Å². The third-order valence-corrected chi connectivity index (χ3v) is 4.94. The molecule has 2 amide bonds. The number of piperazine rings is 1. The van der Waals surface area contributed by atoms with Gasteiger partial charge in [0.25, 0.3) is 0 Å². The summed E-state index contributed by atoms with van der Waals surface area (Å²) in [6.45, 7) is 8.73. The number of hydrogen-bond acceptors (Lipinski definition) is 2. The van der Waals surface area contributed by atoms with Gasteiger partial charge in [0, 0.05) is 6.54 Å². The highest BCUT2D eigenvalue weighted by molar-refractivity contribution is 5.99. The van der Waals surface area contributed by atoms with Crippen molar-refractivity contribution in [3.8, 4) is 0 Å². The highest BCUT2D eigenvalue weighted by atomic mass is 16.2. The zero-order valence-corrected chi connectivity index (χ0v) is 12.5. The molecule has 0 aromatic rings. The van der Waals surface area contributed by atoms with Crippen LogP contribution in [0.15, 0.2) is 0 Å². The molecule has 19 heavy (non-hydrogen) atoms. The predicted octanol–water partition coefficient (Wildman–Crippen LogP) is 1.94. The van der Waals surface area contributed by atoms with Crippen molar-refractivity contribution in [1.29, 1.82) is 0 Å². The number of rotatable bonds is 5. The summed E-state index contributed by atoms with van der Waals surface area (Å²) in [6.07, 6.45) is 3.96. The van der Waals surface area contributed by atoms with E-state index in [-0.39, 0.29) is 23.8 Å². The summed E-state index contributed by atoms with van der Waals surface area (Å²) in [5.41, 5.74) is -0.663. The molecule has 3 unspecified atom stereocenters. The molecule has 2 rings (SSSR count). The summed E-state index contributed by atoms with van der Waals surface area (Å²) in [4.78, 5) is 27.0. The van der Waals surface area contributed by atoms with E-state index in [9.17, 15) is 9.59 Å². The van der Waals surface area contributed by atoms with E-state index in [0.717, 1.165) is 13.0 Å². The molecule has 4 heteroatoms. The first-order valence-corrected chi connectivity index (χ1v) is 7.56. The number of nitrogens with zero attached hydrogens (tertiary/aromatic N) is 1. The van der Waals surface area contributed by atoms with Gasteiger partial charge in [-0.05, 0) is 38.0 Å². The van der Waals surface area contributed by atoms with Crippen LogP contribution in [0.3, 0.4) is 0 Å². The summed E-state index contributed by atoms with van der Waals surface area (Å²) < 4.78 is 0. The monoisotopic (exact) mass is 266 g/mol. The largest absolute Gasteiger partial charge is 0.342 e. The lowest BCUT2D eigenvalue weighted by molar-refractivity contribution is -0.158. The first-order chi connectivity index (χ1) is 8.93. The second kappa shape index (κ2) is 5.14. The quantitative estimate of drug-likeness (QED) is 0.826. The Hall–Kier alpha value is -1.06. The highest BCUT2D eigenvalue weighted by Crippen LogP contribution is 2.35. The van der Waals surface area contributed by atoms with E-state index < -0.39 is 5.54 Å². The minimum absolute atomic E-state index is 0.0144. The molecule has 0 bridgehead atoms. The molecule has 4 nitrogen and oxygen atoms in total. The Morgan fingerprint density at radius 1 is 1.37 bits per heavy atom. The minimum atomic E-state index is -0.663. The van der Waals surface area contributed by atoms with Crippen LogP contribution < -0.4 is 5.32 Å². The average Bonchev–Trinajstić information content (AvgIpc) is 3.22. The van der Waals surface area contributed by atoms with E-state index in [1.165, 1.54) is 12.8 Å². The van der Waals surface area contributed by atoms with E-state index in [0.29, 0.717) is 12.3 Å². The maximum Gasteiger partial charge on any atom is 0.246 e. The summed E-state index contributed by atoms with van der Waals surface area (Å²) >= 11 is 0. The smallest absolute Gasteiger partial charge is 0.246 e. The molecule has 2 aliphatic rings. The van der Waals surface area contributed by atoms with Gasteiger partial charge in [-0.2, -0.15) is 0 Å². The topological polar surface area (TPSA) is 49.4 Å². The molecule has 2 fully saturated rings. The normalized spacial score (nSPS) is 33.3. The number of hydrogen-bond donors (Lipinski definition) is 1. The summed E-state index contributed by atoms with van der Waals surface area (Å²) in [5, 5.41) is 2.95. The second-order valence-corrected chi connectivity index (χ2v) is 6.36. The molecule has 1 saturated carbocycles. The number of amides is 2. The first kappa shape index (κ1) is 14.4. The number of carbonyl (C=O) groups excluding carboxylic acids is 2. The van der Waals surface area contributed by atoms with Gasteiger partial charge >= 0.3 is 0 Å². The Labute approximate surface area is 115 Å². The van der Waals surface area contributed by atoms with Crippen molar-refractivity contribution in [3.05, 3.63) is 0 Å². The molecular weight excluding hydrogens is 240 g/mol. The van der Waals surface area contributed by atoms with E-state index in [2.05, 4.69) is 12.2 Å². The van der Waals surface area contributed by atoms with Crippen molar-refractivity contribution in [1.82, 2.24) is 10.2 Å². The molecule has 1 N–H and O–H groups in total. The van der Waals surface area contributed by atoms with Crippen LogP contribution in [0.25, 0.3) is 0 Å². The Kier molecular flexibility index (Phi) is 3.88.